The molecule has 0 fully saturated rings. The van der Waals surface area contributed by atoms with Crippen LogP contribution in [0.5, 0.6) is 5.75 Å². The molecule has 0 amide bonds. The molecule has 1 unspecified atom stereocenters. The molecule has 10 heteroatoms. The van der Waals surface area contributed by atoms with Gasteiger partial charge in [-0.05, 0) is 43.5 Å². The molecule has 33 heavy (non-hydrogen) atoms. The van der Waals surface area contributed by atoms with Gasteiger partial charge in [0.2, 0.25) is 0 Å². The molecule has 1 aromatic carbocycles. The molecular weight excluding hydrogens is 435 g/mol. The van der Waals surface area contributed by atoms with E-state index in [0.29, 0.717) is 50.1 Å². The van der Waals surface area contributed by atoms with Gasteiger partial charge in [-0.25, -0.2) is 0 Å². The highest BCUT2D eigenvalue weighted by Gasteiger charge is 2.41. The van der Waals surface area contributed by atoms with E-state index in [-0.39, 0.29) is 16.5 Å². The highest BCUT2D eigenvalue weighted by atomic mass is 19.4. The first-order valence-corrected chi connectivity index (χ1v) is 10.9. The Bertz CT molecular complexity index is 1180. The van der Waals surface area contributed by atoms with E-state index in [1.165, 1.54) is 6.07 Å². The number of benzene rings is 1. The summed E-state index contributed by atoms with van der Waals surface area (Å²) in [5, 5.41) is 22.6. The molecule has 0 saturated carbocycles. The third-order valence-electron chi connectivity index (χ3n) is 5.99. The van der Waals surface area contributed by atoms with Crippen LogP contribution in [-0.4, -0.2) is 28.9 Å². The molecule has 174 valence electrons. The Balaban J connectivity index is 1.41. The van der Waals surface area contributed by atoms with Crippen molar-refractivity contribution in [2.24, 2.45) is 10.3 Å². The maximum absolute atomic E-state index is 13.2. The topological polar surface area (TPSA) is 87.0 Å². The van der Waals surface area contributed by atoms with E-state index in [1.807, 2.05) is 24.1 Å². The smallest absolute Gasteiger partial charge is 0.437 e. The Morgan fingerprint density at radius 1 is 1.33 bits per heavy atom. The van der Waals surface area contributed by atoms with Crippen molar-refractivity contribution in [2.75, 3.05) is 13.2 Å². The quantitative estimate of drug-likeness (QED) is 0.443. The number of ether oxygens (including phenoxy) is 1. The zero-order valence-electron chi connectivity index (χ0n) is 18.4. The lowest BCUT2D eigenvalue weighted by molar-refractivity contribution is -0.141. The Labute approximate surface area is 189 Å². The first-order valence-electron chi connectivity index (χ1n) is 10.9. The van der Waals surface area contributed by atoms with E-state index in [4.69, 9.17) is 14.5 Å². The van der Waals surface area contributed by atoms with Gasteiger partial charge in [0, 0.05) is 18.5 Å². The molecule has 0 spiro atoms. The third-order valence-corrected chi connectivity index (χ3v) is 5.99. The SMILES string of the molecule is CCCc1c(OCCCN2N=NC3=CC(CC#N)=CCC32C)ccc2c(C(F)(F)F)noc12. The minimum absolute atomic E-state index is 0.0517. The molecule has 0 saturated heterocycles. The lowest BCUT2D eigenvalue weighted by Gasteiger charge is -2.34. The second kappa shape index (κ2) is 8.89. The predicted molar refractivity (Wildman–Crippen MR) is 114 cm³/mol. The van der Waals surface area contributed by atoms with Gasteiger partial charge >= 0.3 is 6.18 Å². The van der Waals surface area contributed by atoms with Crippen LogP contribution in [0, 0.1) is 11.3 Å². The van der Waals surface area contributed by atoms with Gasteiger partial charge in [0.05, 0.1) is 30.2 Å². The van der Waals surface area contributed by atoms with Gasteiger partial charge in [-0.1, -0.05) is 29.8 Å². The molecule has 0 N–H and O–H groups in total. The zero-order chi connectivity index (χ0) is 23.6. The number of halogens is 3. The van der Waals surface area contributed by atoms with Crippen molar-refractivity contribution >= 4 is 11.0 Å². The van der Waals surface area contributed by atoms with Crippen LogP contribution in [0.4, 0.5) is 13.2 Å². The van der Waals surface area contributed by atoms with Crippen LogP contribution < -0.4 is 4.74 Å². The molecule has 2 aliphatic rings. The maximum Gasteiger partial charge on any atom is 0.437 e. The van der Waals surface area contributed by atoms with E-state index in [2.05, 4.69) is 28.5 Å². The fraction of sp³-hybridized carbons (Fsp3) is 0.478. The minimum Gasteiger partial charge on any atom is -0.493 e. The van der Waals surface area contributed by atoms with Crippen molar-refractivity contribution < 1.29 is 22.4 Å². The largest absolute Gasteiger partial charge is 0.493 e. The van der Waals surface area contributed by atoms with Crippen molar-refractivity contribution in [1.82, 2.24) is 10.2 Å². The molecule has 0 radical (unpaired) electrons. The van der Waals surface area contributed by atoms with Gasteiger partial charge in [0.1, 0.15) is 11.3 Å². The van der Waals surface area contributed by atoms with Crippen LogP contribution >= 0.6 is 0 Å². The Morgan fingerprint density at radius 3 is 2.88 bits per heavy atom. The number of allylic oxidation sites excluding steroid dienone is 2. The summed E-state index contributed by atoms with van der Waals surface area (Å²) in [7, 11) is 0. The number of nitrogens with zero attached hydrogens (tertiary/aromatic N) is 5. The summed E-state index contributed by atoms with van der Waals surface area (Å²) in [5.74, 6) is 0.505. The van der Waals surface area contributed by atoms with Crippen LogP contribution in [0.3, 0.4) is 0 Å². The van der Waals surface area contributed by atoms with Gasteiger partial charge in [-0.15, -0.1) is 5.11 Å². The average Bonchev–Trinajstić information content (AvgIpc) is 3.34. The predicted octanol–water partition coefficient (Wildman–Crippen LogP) is 6.14. The number of fused-ring (bicyclic) bond motifs is 2. The standard InChI is InChI=1S/C23H24F3N5O2/c1-3-5-16-18(7-6-17-20(16)33-29-21(17)23(24,25)26)32-13-4-12-31-22(2)10-8-15(9-11-27)14-19(22)28-30-31/h6-8,14H,3-5,9-10,12-13H2,1-2H3. The van der Waals surface area contributed by atoms with E-state index in [1.54, 1.807) is 6.07 Å². The molecule has 1 aliphatic carbocycles. The van der Waals surface area contributed by atoms with Gasteiger partial charge in [0.15, 0.2) is 11.3 Å². The monoisotopic (exact) mass is 459 g/mol. The molecule has 2 aromatic rings. The number of aryl methyl sites for hydroxylation is 1. The molecule has 0 bridgehead atoms. The lowest BCUT2D eigenvalue weighted by atomic mass is 9.86. The molecule has 1 atom stereocenters. The molecule has 2 heterocycles. The first kappa shape index (κ1) is 22.8. The van der Waals surface area contributed by atoms with Crippen LogP contribution in [0.15, 0.2) is 50.4 Å². The summed E-state index contributed by atoms with van der Waals surface area (Å²) in [4.78, 5) is 0. The van der Waals surface area contributed by atoms with Gasteiger partial charge in [0.25, 0.3) is 0 Å². The third kappa shape index (κ3) is 4.32. The fourth-order valence-electron chi connectivity index (χ4n) is 4.17. The second-order valence-corrected chi connectivity index (χ2v) is 8.33. The molecule has 1 aliphatic heterocycles. The van der Waals surface area contributed by atoms with Crippen LogP contribution in [0.2, 0.25) is 0 Å². The number of rotatable bonds is 8. The van der Waals surface area contributed by atoms with Crippen molar-refractivity contribution in [3.8, 4) is 11.8 Å². The number of aromatic nitrogens is 1. The highest BCUT2D eigenvalue weighted by Crippen LogP contribution is 2.40. The summed E-state index contributed by atoms with van der Waals surface area (Å²) in [6.07, 6.45) is 2.34. The molecule has 1 aromatic heterocycles. The van der Waals surface area contributed by atoms with E-state index in [9.17, 15) is 13.2 Å². The molecule has 7 nitrogen and oxygen atoms in total. The zero-order valence-corrected chi connectivity index (χ0v) is 18.4. The Morgan fingerprint density at radius 2 is 2.15 bits per heavy atom. The first-order chi connectivity index (χ1) is 15.8. The van der Waals surface area contributed by atoms with Gasteiger partial charge in [-0.3, -0.25) is 5.01 Å². The summed E-state index contributed by atoms with van der Waals surface area (Å²) in [6, 6.07) is 5.06. The van der Waals surface area contributed by atoms with Gasteiger partial charge in [-0.2, -0.15) is 18.4 Å². The van der Waals surface area contributed by atoms with Crippen molar-refractivity contribution in [3.05, 3.63) is 46.8 Å². The van der Waals surface area contributed by atoms with E-state index in [0.717, 1.165) is 17.7 Å². The second-order valence-electron chi connectivity index (χ2n) is 8.33. The van der Waals surface area contributed by atoms with E-state index >= 15 is 0 Å². The summed E-state index contributed by atoms with van der Waals surface area (Å²) < 4.78 is 50.5. The van der Waals surface area contributed by atoms with Crippen molar-refractivity contribution in [2.45, 2.75) is 57.7 Å². The Kier molecular flexibility index (Phi) is 6.15. The number of alkyl halides is 3. The summed E-state index contributed by atoms with van der Waals surface area (Å²) in [6.45, 7) is 4.97. The number of hydrogen-bond acceptors (Lipinski definition) is 7. The number of hydrogen-bond donors (Lipinski definition) is 0. The van der Waals surface area contributed by atoms with Crippen LogP contribution in [0.1, 0.15) is 50.8 Å². The lowest BCUT2D eigenvalue weighted by Crippen LogP contribution is -2.42. The average molecular weight is 459 g/mol. The fourth-order valence-corrected chi connectivity index (χ4v) is 4.17. The van der Waals surface area contributed by atoms with E-state index < -0.39 is 11.9 Å². The van der Waals surface area contributed by atoms with Crippen molar-refractivity contribution in [1.29, 1.82) is 5.26 Å². The summed E-state index contributed by atoms with van der Waals surface area (Å²) >= 11 is 0. The Hall–Kier alpha value is -3.35. The molecular formula is C23H24F3N5O2. The van der Waals surface area contributed by atoms with Gasteiger partial charge < -0.3 is 9.26 Å². The van der Waals surface area contributed by atoms with Crippen LogP contribution in [-0.2, 0) is 12.6 Å². The normalized spacial score (nSPS) is 19.9. The summed E-state index contributed by atoms with van der Waals surface area (Å²) in [5.41, 5.74) is 1.15. The molecule has 4 rings (SSSR count). The van der Waals surface area contributed by atoms with Crippen LogP contribution in [0.25, 0.3) is 11.0 Å². The van der Waals surface area contributed by atoms with Crippen molar-refractivity contribution in [3.63, 3.8) is 0 Å². The highest BCUT2D eigenvalue weighted by molar-refractivity contribution is 5.85. The number of nitriles is 1. The maximum atomic E-state index is 13.2. The minimum atomic E-state index is -4.57.